The van der Waals surface area contributed by atoms with E-state index in [1.807, 2.05) is 0 Å². The van der Waals surface area contributed by atoms with Gasteiger partial charge in [-0.15, -0.1) is 0 Å². The smallest absolute Gasteiger partial charge is 0.0568 e. The van der Waals surface area contributed by atoms with E-state index in [0.717, 1.165) is 18.2 Å². The molecule has 0 aromatic rings. The van der Waals surface area contributed by atoms with E-state index in [4.69, 9.17) is 0 Å². The van der Waals surface area contributed by atoms with Gasteiger partial charge in [0, 0.05) is 5.33 Å². The van der Waals surface area contributed by atoms with Crippen molar-refractivity contribution in [3.63, 3.8) is 0 Å². The van der Waals surface area contributed by atoms with E-state index in [1.54, 1.807) is 0 Å². The summed E-state index contributed by atoms with van der Waals surface area (Å²) in [5, 5.41) is 10.6. The molecule has 0 rings (SSSR count). The molecule has 0 saturated carbocycles. The molecule has 0 aromatic carbocycles. The van der Waals surface area contributed by atoms with Gasteiger partial charge in [0.25, 0.3) is 0 Å². The Balaban J connectivity index is 3.58. The number of rotatable bonds is 5. The van der Waals surface area contributed by atoms with Gasteiger partial charge in [0.1, 0.15) is 0 Å². The monoisotopic (exact) mass is 222 g/mol. The summed E-state index contributed by atoms with van der Waals surface area (Å²) in [6.07, 6.45) is 1.86. The van der Waals surface area contributed by atoms with Crippen LogP contribution in [0.1, 0.15) is 33.6 Å². The van der Waals surface area contributed by atoms with Crippen LogP contribution in [0.15, 0.2) is 0 Å². The molecule has 1 N–H and O–H groups in total. The number of hydrogen-bond acceptors (Lipinski definition) is 1. The first-order chi connectivity index (χ1) is 5.11. The normalized spacial score (nSPS) is 19.4. The van der Waals surface area contributed by atoms with Gasteiger partial charge in [0.2, 0.25) is 0 Å². The predicted octanol–water partition coefficient (Wildman–Crippen LogP) is 2.81. The van der Waals surface area contributed by atoms with Gasteiger partial charge in [0.15, 0.2) is 0 Å². The van der Waals surface area contributed by atoms with Crippen molar-refractivity contribution in [2.45, 2.75) is 39.7 Å². The summed E-state index contributed by atoms with van der Waals surface area (Å²) in [4.78, 5) is 0. The molecule has 0 aromatic heterocycles. The van der Waals surface area contributed by atoms with Gasteiger partial charge in [-0.3, -0.25) is 0 Å². The van der Waals surface area contributed by atoms with E-state index >= 15 is 0 Å². The summed E-state index contributed by atoms with van der Waals surface area (Å²) in [7, 11) is 0. The largest absolute Gasteiger partial charge is 0.393 e. The van der Waals surface area contributed by atoms with Crippen molar-refractivity contribution in [1.29, 1.82) is 0 Å². The fourth-order valence-electron chi connectivity index (χ4n) is 0.980. The molecule has 68 valence electrons. The summed E-state index contributed by atoms with van der Waals surface area (Å²) in [6.45, 7) is 6.37. The minimum atomic E-state index is -0.118. The molecule has 3 atom stereocenters. The Morgan fingerprint density at radius 2 is 1.91 bits per heavy atom. The molecule has 0 radical (unpaired) electrons. The molecule has 2 heteroatoms. The third-order valence-corrected chi connectivity index (χ3v) is 3.31. The zero-order valence-corrected chi connectivity index (χ0v) is 9.26. The first kappa shape index (κ1) is 11.4. The van der Waals surface area contributed by atoms with E-state index in [2.05, 4.69) is 36.7 Å². The van der Waals surface area contributed by atoms with Gasteiger partial charge in [-0.05, 0) is 18.3 Å². The van der Waals surface area contributed by atoms with Crippen LogP contribution in [0, 0.1) is 11.8 Å². The van der Waals surface area contributed by atoms with Crippen molar-refractivity contribution in [1.82, 2.24) is 0 Å². The quantitative estimate of drug-likeness (QED) is 0.710. The van der Waals surface area contributed by atoms with Crippen molar-refractivity contribution in [3.05, 3.63) is 0 Å². The van der Waals surface area contributed by atoms with Crippen molar-refractivity contribution >= 4 is 15.9 Å². The molecule has 0 aliphatic carbocycles. The predicted molar refractivity (Wildman–Crippen MR) is 53.0 cm³/mol. The Kier molecular flexibility index (Phi) is 6.25. The van der Waals surface area contributed by atoms with Crippen molar-refractivity contribution in [2.75, 3.05) is 5.33 Å². The first-order valence-electron chi connectivity index (χ1n) is 4.35. The van der Waals surface area contributed by atoms with Gasteiger partial charge >= 0.3 is 0 Å². The van der Waals surface area contributed by atoms with Crippen LogP contribution < -0.4 is 0 Å². The average molecular weight is 223 g/mol. The molecule has 0 aliphatic heterocycles. The molecule has 11 heavy (non-hydrogen) atoms. The van der Waals surface area contributed by atoms with Gasteiger partial charge in [-0.1, -0.05) is 43.1 Å². The van der Waals surface area contributed by atoms with Crippen LogP contribution in [0.25, 0.3) is 0 Å². The number of alkyl halides is 1. The van der Waals surface area contributed by atoms with Gasteiger partial charge < -0.3 is 5.11 Å². The number of aliphatic hydroxyl groups excluding tert-OH is 1. The Labute approximate surface area is 78.3 Å². The summed E-state index contributed by atoms with van der Waals surface area (Å²) in [5.41, 5.74) is 0. The molecule has 0 spiro atoms. The van der Waals surface area contributed by atoms with E-state index in [1.165, 1.54) is 0 Å². The Bertz CT molecular complexity index is 95.6. The highest BCUT2D eigenvalue weighted by Crippen LogP contribution is 2.16. The van der Waals surface area contributed by atoms with Crippen LogP contribution in [-0.4, -0.2) is 16.5 Å². The highest BCUT2D eigenvalue weighted by molar-refractivity contribution is 9.09. The van der Waals surface area contributed by atoms with E-state index in [9.17, 15) is 5.11 Å². The van der Waals surface area contributed by atoms with Crippen LogP contribution in [0.2, 0.25) is 0 Å². The molecule has 3 unspecified atom stereocenters. The standard InChI is InChI=1S/C9H19BrO/c1-4-8(3)9(11)5-7(2)6-10/h7-9,11H,4-6H2,1-3H3. The number of hydrogen-bond donors (Lipinski definition) is 1. The van der Waals surface area contributed by atoms with E-state index in [-0.39, 0.29) is 6.10 Å². The van der Waals surface area contributed by atoms with Crippen molar-refractivity contribution in [2.24, 2.45) is 11.8 Å². The fourth-order valence-corrected chi connectivity index (χ4v) is 1.24. The minimum Gasteiger partial charge on any atom is -0.393 e. The van der Waals surface area contributed by atoms with E-state index < -0.39 is 0 Å². The minimum absolute atomic E-state index is 0.118. The second-order valence-electron chi connectivity index (χ2n) is 3.45. The third-order valence-electron chi connectivity index (χ3n) is 2.21. The molecule has 0 aliphatic rings. The summed E-state index contributed by atoms with van der Waals surface area (Å²) in [5.74, 6) is 1.02. The molecule has 0 fully saturated rings. The Morgan fingerprint density at radius 3 is 2.27 bits per heavy atom. The molecular formula is C9H19BrO. The summed E-state index contributed by atoms with van der Waals surface area (Å²) >= 11 is 3.40. The maximum atomic E-state index is 9.60. The number of aliphatic hydroxyl groups is 1. The number of halogens is 1. The first-order valence-corrected chi connectivity index (χ1v) is 5.48. The molecule has 0 bridgehead atoms. The molecule has 0 heterocycles. The Hall–Kier alpha value is 0.440. The topological polar surface area (TPSA) is 20.2 Å². The third kappa shape index (κ3) is 4.81. The molecule has 0 saturated heterocycles. The zero-order chi connectivity index (χ0) is 8.85. The lowest BCUT2D eigenvalue weighted by atomic mass is 9.94. The second-order valence-corrected chi connectivity index (χ2v) is 4.10. The maximum absolute atomic E-state index is 9.60. The Morgan fingerprint density at radius 1 is 1.36 bits per heavy atom. The van der Waals surface area contributed by atoms with Crippen molar-refractivity contribution in [3.8, 4) is 0 Å². The van der Waals surface area contributed by atoms with Gasteiger partial charge in [0.05, 0.1) is 6.10 Å². The average Bonchev–Trinajstić information content (AvgIpc) is 2.02. The van der Waals surface area contributed by atoms with Crippen LogP contribution in [0.4, 0.5) is 0 Å². The SMILES string of the molecule is CCC(C)C(O)CC(C)CBr. The fraction of sp³-hybridized carbons (Fsp3) is 1.00. The highest BCUT2D eigenvalue weighted by Gasteiger charge is 2.14. The van der Waals surface area contributed by atoms with Gasteiger partial charge in [-0.25, -0.2) is 0 Å². The van der Waals surface area contributed by atoms with Crippen LogP contribution in [0.3, 0.4) is 0 Å². The second kappa shape index (κ2) is 6.01. The maximum Gasteiger partial charge on any atom is 0.0568 e. The lowest BCUT2D eigenvalue weighted by Crippen LogP contribution is -2.20. The summed E-state index contributed by atoms with van der Waals surface area (Å²) in [6, 6.07) is 0. The summed E-state index contributed by atoms with van der Waals surface area (Å²) < 4.78 is 0. The van der Waals surface area contributed by atoms with Crippen molar-refractivity contribution < 1.29 is 5.11 Å². The highest BCUT2D eigenvalue weighted by atomic mass is 79.9. The van der Waals surface area contributed by atoms with Crippen LogP contribution >= 0.6 is 15.9 Å². The lowest BCUT2D eigenvalue weighted by Gasteiger charge is -2.19. The lowest BCUT2D eigenvalue weighted by molar-refractivity contribution is 0.0935. The van der Waals surface area contributed by atoms with Gasteiger partial charge in [-0.2, -0.15) is 0 Å². The van der Waals surface area contributed by atoms with Crippen LogP contribution in [0.5, 0.6) is 0 Å². The molecule has 1 nitrogen and oxygen atoms in total. The molecular weight excluding hydrogens is 204 g/mol. The van der Waals surface area contributed by atoms with E-state index in [0.29, 0.717) is 11.8 Å². The van der Waals surface area contributed by atoms with Crippen LogP contribution in [-0.2, 0) is 0 Å². The zero-order valence-electron chi connectivity index (χ0n) is 7.68. The molecule has 0 amide bonds.